The topological polar surface area (TPSA) is 87.0 Å². The lowest BCUT2D eigenvalue weighted by molar-refractivity contribution is -0.137. The Morgan fingerprint density at radius 1 is 1.29 bits per heavy atom. The molecule has 1 unspecified atom stereocenters. The summed E-state index contributed by atoms with van der Waals surface area (Å²) in [6.45, 7) is 0. The summed E-state index contributed by atoms with van der Waals surface area (Å²) in [6.07, 6.45) is 3.48. The molecule has 0 radical (unpaired) electrons. The lowest BCUT2D eigenvalue weighted by Gasteiger charge is -2.10. The van der Waals surface area contributed by atoms with Crippen molar-refractivity contribution in [2.45, 2.75) is 25.2 Å². The number of aliphatic imine (C=N–C) groups is 1. The van der Waals surface area contributed by atoms with Crippen molar-refractivity contribution in [3.05, 3.63) is 35.9 Å². The molecule has 6 heteroatoms. The zero-order valence-electron chi connectivity index (χ0n) is 13.0. The molecule has 0 saturated heterocycles. The Bertz CT molecular complexity index is 773. The van der Waals surface area contributed by atoms with Gasteiger partial charge in [-0.1, -0.05) is 24.3 Å². The zero-order chi connectivity index (χ0) is 17.5. The highest BCUT2D eigenvalue weighted by atomic mass is 35.5. The summed E-state index contributed by atoms with van der Waals surface area (Å²) in [4.78, 5) is 23.6. The monoisotopic (exact) mass is 347 g/mol. The molecule has 3 rings (SSSR count). The molecular formula is C18H18ClNO4. The highest BCUT2D eigenvalue weighted by Crippen LogP contribution is 2.42. The average molecular weight is 348 g/mol. The molecule has 1 atom stereocenters. The van der Waals surface area contributed by atoms with Crippen molar-refractivity contribution in [1.82, 2.24) is 0 Å². The molecule has 2 aromatic carbocycles. The highest BCUT2D eigenvalue weighted by molar-refractivity contribution is 6.20. The molecule has 5 nitrogen and oxygen atoms in total. The van der Waals surface area contributed by atoms with Crippen molar-refractivity contribution in [2.75, 3.05) is 5.88 Å². The van der Waals surface area contributed by atoms with E-state index in [1.807, 2.05) is 30.5 Å². The lowest BCUT2D eigenvalue weighted by Crippen LogP contribution is -1.98. The fourth-order valence-corrected chi connectivity index (χ4v) is 2.79. The van der Waals surface area contributed by atoms with Crippen LogP contribution in [-0.4, -0.2) is 34.6 Å². The van der Waals surface area contributed by atoms with Gasteiger partial charge >= 0.3 is 5.97 Å². The fraction of sp³-hybridized carbons (Fsp3) is 0.278. The molecule has 2 aromatic rings. The second kappa shape index (κ2) is 8.45. The van der Waals surface area contributed by atoms with E-state index in [9.17, 15) is 14.7 Å². The number of halogens is 1. The van der Waals surface area contributed by atoms with Gasteiger partial charge in [-0.2, -0.15) is 0 Å². The van der Waals surface area contributed by atoms with Crippen LogP contribution in [0.5, 0.6) is 5.75 Å². The van der Waals surface area contributed by atoms with Crippen molar-refractivity contribution in [3.63, 3.8) is 0 Å². The van der Waals surface area contributed by atoms with Gasteiger partial charge in [-0.15, -0.1) is 11.6 Å². The van der Waals surface area contributed by atoms with E-state index >= 15 is 0 Å². The summed E-state index contributed by atoms with van der Waals surface area (Å²) >= 11 is 5.92. The van der Waals surface area contributed by atoms with E-state index < -0.39 is 5.97 Å². The quantitative estimate of drug-likeness (QED) is 0.485. The van der Waals surface area contributed by atoms with Gasteiger partial charge in [-0.05, 0) is 17.4 Å². The molecule has 0 bridgehead atoms. The summed E-state index contributed by atoms with van der Waals surface area (Å²) in [5.41, 5.74) is 1.96. The zero-order valence-corrected chi connectivity index (χ0v) is 13.7. The van der Waals surface area contributed by atoms with Crippen molar-refractivity contribution in [3.8, 4) is 5.75 Å². The van der Waals surface area contributed by atoms with E-state index in [1.165, 1.54) is 0 Å². The number of rotatable bonds is 5. The van der Waals surface area contributed by atoms with Crippen LogP contribution in [0.15, 0.2) is 35.3 Å². The summed E-state index contributed by atoms with van der Waals surface area (Å²) in [7, 11) is 0. The van der Waals surface area contributed by atoms with Crippen LogP contribution in [0.3, 0.4) is 0 Å². The number of carboxylic acids is 1. The predicted molar refractivity (Wildman–Crippen MR) is 94.8 cm³/mol. The second-order valence-electron chi connectivity index (χ2n) is 5.37. The maximum absolute atomic E-state index is 9.89. The molecule has 0 aliphatic carbocycles. The number of aromatic hydroxyl groups is 1. The molecule has 0 spiro atoms. The van der Waals surface area contributed by atoms with E-state index in [0.717, 1.165) is 28.3 Å². The number of aliphatic carboxylic acids is 1. The molecule has 1 aliphatic heterocycles. The Labute approximate surface area is 144 Å². The Morgan fingerprint density at radius 3 is 2.62 bits per heavy atom. The number of hydrogen-bond donors (Lipinski definition) is 2. The lowest BCUT2D eigenvalue weighted by atomic mass is 9.95. The van der Waals surface area contributed by atoms with E-state index in [2.05, 4.69) is 4.99 Å². The second-order valence-corrected chi connectivity index (χ2v) is 5.67. The number of unbranched alkanes of at least 4 members (excludes halogenated alkanes) is 1. The third-order valence-corrected chi connectivity index (χ3v) is 4.02. The van der Waals surface area contributed by atoms with Crippen LogP contribution in [-0.2, 0) is 9.59 Å². The molecule has 0 aromatic heterocycles. The molecule has 2 N–H and O–H groups in total. The first-order chi connectivity index (χ1) is 11.6. The first-order valence-electron chi connectivity index (χ1n) is 7.58. The summed E-state index contributed by atoms with van der Waals surface area (Å²) in [5, 5.41) is 19.8. The third kappa shape index (κ3) is 4.11. The minimum Gasteiger partial charge on any atom is -0.507 e. The molecule has 0 fully saturated rings. The van der Waals surface area contributed by atoms with Crippen LogP contribution in [0.1, 0.15) is 30.7 Å². The number of hydrogen-bond acceptors (Lipinski definition) is 4. The number of nitrogens with zero attached hydrogens (tertiary/aromatic N) is 1. The molecule has 1 heterocycles. The highest BCUT2D eigenvalue weighted by Gasteiger charge is 2.22. The van der Waals surface area contributed by atoms with Crippen LogP contribution in [0, 0.1) is 0 Å². The Morgan fingerprint density at radius 2 is 2.00 bits per heavy atom. The Hall–Kier alpha value is -2.40. The van der Waals surface area contributed by atoms with E-state index in [4.69, 9.17) is 16.7 Å². The normalized spacial score (nSPS) is 14.8. The Balaban J connectivity index is 0.000000224. The SMILES string of the molecule is O=CCCCC(=O)O.Oc1cc2c(c3ccccc13)C(CCl)C=N2. The molecule has 24 heavy (non-hydrogen) atoms. The van der Waals surface area contributed by atoms with Crippen molar-refractivity contribution < 1.29 is 19.8 Å². The van der Waals surface area contributed by atoms with Crippen LogP contribution < -0.4 is 0 Å². The summed E-state index contributed by atoms with van der Waals surface area (Å²) < 4.78 is 0. The van der Waals surface area contributed by atoms with E-state index in [-0.39, 0.29) is 18.1 Å². The number of phenols is 1. The van der Waals surface area contributed by atoms with Gasteiger partial charge in [-0.3, -0.25) is 9.79 Å². The van der Waals surface area contributed by atoms with Crippen molar-refractivity contribution >= 4 is 46.5 Å². The van der Waals surface area contributed by atoms with Crippen molar-refractivity contribution in [1.29, 1.82) is 0 Å². The van der Waals surface area contributed by atoms with Gasteiger partial charge in [0.05, 0.1) is 5.69 Å². The average Bonchev–Trinajstić information content (AvgIpc) is 2.99. The van der Waals surface area contributed by atoms with Gasteiger partial charge in [0.25, 0.3) is 0 Å². The van der Waals surface area contributed by atoms with Crippen LogP contribution in [0.25, 0.3) is 10.8 Å². The number of phenolic OH excluding ortho intramolecular Hbond substituents is 1. The number of alkyl halides is 1. The van der Waals surface area contributed by atoms with Gasteiger partial charge in [0, 0.05) is 42.3 Å². The third-order valence-electron chi connectivity index (χ3n) is 3.69. The smallest absolute Gasteiger partial charge is 0.303 e. The first-order valence-corrected chi connectivity index (χ1v) is 8.12. The Kier molecular flexibility index (Phi) is 6.32. The molecular weight excluding hydrogens is 330 g/mol. The number of benzene rings is 2. The number of aldehydes is 1. The van der Waals surface area contributed by atoms with E-state index in [0.29, 0.717) is 18.7 Å². The maximum atomic E-state index is 9.89. The standard InChI is InChI=1S/C13H10ClNO.C5H8O3/c14-6-8-7-15-11-5-12(16)9-3-1-2-4-10(9)13(8)11;6-4-2-1-3-5(7)8/h1-5,7-8,16H,6H2;4H,1-3H2,(H,7,8). The van der Waals surface area contributed by atoms with E-state index in [1.54, 1.807) is 6.07 Å². The number of fused-ring (bicyclic) bond motifs is 3. The largest absolute Gasteiger partial charge is 0.507 e. The predicted octanol–water partition coefficient (Wildman–Crippen LogP) is 4.02. The molecule has 0 saturated carbocycles. The molecule has 126 valence electrons. The minimum absolute atomic E-state index is 0.0960. The van der Waals surface area contributed by atoms with Gasteiger partial charge in [0.1, 0.15) is 12.0 Å². The molecule has 1 aliphatic rings. The van der Waals surface area contributed by atoms with Crippen LogP contribution in [0.4, 0.5) is 5.69 Å². The summed E-state index contributed by atoms with van der Waals surface area (Å²) in [6, 6.07) is 9.50. The minimum atomic E-state index is -0.841. The van der Waals surface area contributed by atoms with Crippen LogP contribution in [0.2, 0.25) is 0 Å². The number of carboxylic acid groups (broad SMARTS) is 1. The maximum Gasteiger partial charge on any atom is 0.303 e. The van der Waals surface area contributed by atoms with Crippen molar-refractivity contribution in [2.24, 2.45) is 4.99 Å². The summed E-state index contributed by atoms with van der Waals surface area (Å²) in [5.74, 6) is 0.112. The van der Waals surface area contributed by atoms with Gasteiger partial charge in [0.15, 0.2) is 0 Å². The number of carbonyl (C=O) groups is 2. The first kappa shape index (κ1) is 17.9. The van der Waals surface area contributed by atoms with Gasteiger partial charge in [-0.25, -0.2) is 0 Å². The molecule has 0 amide bonds. The fourth-order valence-electron chi connectivity index (χ4n) is 2.56. The van der Waals surface area contributed by atoms with Gasteiger partial charge in [0.2, 0.25) is 0 Å². The van der Waals surface area contributed by atoms with Crippen LogP contribution >= 0.6 is 11.6 Å². The van der Waals surface area contributed by atoms with Gasteiger partial charge < -0.3 is 15.0 Å². The number of carbonyl (C=O) groups excluding carboxylic acids is 1.